The zero-order valence-electron chi connectivity index (χ0n) is 7.93. The van der Waals surface area contributed by atoms with Crippen LogP contribution in [0.3, 0.4) is 0 Å². The third-order valence-corrected chi connectivity index (χ3v) is 2.95. The molecular formula is C10H13BrClNO. The van der Waals surface area contributed by atoms with Gasteiger partial charge in [-0.3, -0.25) is 0 Å². The van der Waals surface area contributed by atoms with Crippen LogP contribution in [-0.4, -0.2) is 11.7 Å². The standard InChI is InChI=1S/C10H13BrClNO/c1-10(14,4-5-13)8-3-2-7(11)6-9(8)12/h2-3,6,14H,4-5,13H2,1H3. The van der Waals surface area contributed by atoms with Gasteiger partial charge in [0.15, 0.2) is 0 Å². The van der Waals surface area contributed by atoms with Gasteiger partial charge in [0.1, 0.15) is 0 Å². The summed E-state index contributed by atoms with van der Waals surface area (Å²) in [6.45, 7) is 2.15. The number of halogens is 2. The minimum Gasteiger partial charge on any atom is -0.385 e. The van der Waals surface area contributed by atoms with Crippen molar-refractivity contribution in [2.45, 2.75) is 18.9 Å². The van der Waals surface area contributed by atoms with Crippen molar-refractivity contribution in [2.24, 2.45) is 5.73 Å². The van der Waals surface area contributed by atoms with Crippen molar-refractivity contribution in [3.05, 3.63) is 33.3 Å². The maximum absolute atomic E-state index is 10.1. The van der Waals surface area contributed by atoms with E-state index in [9.17, 15) is 5.11 Å². The van der Waals surface area contributed by atoms with Crippen LogP contribution in [0.5, 0.6) is 0 Å². The molecular weight excluding hydrogens is 265 g/mol. The lowest BCUT2D eigenvalue weighted by Crippen LogP contribution is -2.25. The summed E-state index contributed by atoms with van der Waals surface area (Å²) < 4.78 is 0.898. The maximum atomic E-state index is 10.1. The van der Waals surface area contributed by atoms with E-state index in [2.05, 4.69) is 15.9 Å². The summed E-state index contributed by atoms with van der Waals surface area (Å²) in [6.07, 6.45) is 0.494. The molecule has 0 saturated heterocycles. The molecule has 2 nitrogen and oxygen atoms in total. The SMILES string of the molecule is CC(O)(CCN)c1ccc(Br)cc1Cl. The minimum atomic E-state index is -0.952. The number of rotatable bonds is 3. The Morgan fingerprint density at radius 3 is 2.71 bits per heavy atom. The first kappa shape index (κ1) is 12.0. The van der Waals surface area contributed by atoms with Crippen LogP contribution in [0.15, 0.2) is 22.7 Å². The van der Waals surface area contributed by atoms with Gasteiger partial charge in [-0.05, 0) is 32.0 Å². The Labute approximate surface area is 97.2 Å². The summed E-state index contributed by atoms with van der Waals surface area (Å²) in [5.41, 5.74) is 5.18. The Kier molecular flexibility index (Phi) is 3.95. The summed E-state index contributed by atoms with van der Waals surface area (Å²) in [5.74, 6) is 0. The molecule has 78 valence electrons. The van der Waals surface area contributed by atoms with Gasteiger partial charge in [0.25, 0.3) is 0 Å². The summed E-state index contributed by atoms with van der Waals surface area (Å²) in [5, 5.41) is 10.6. The molecule has 0 aliphatic heterocycles. The quantitative estimate of drug-likeness (QED) is 0.893. The van der Waals surface area contributed by atoms with Crippen LogP contribution in [-0.2, 0) is 5.60 Å². The molecule has 0 saturated carbocycles. The molecule has 14 heavy (non-hydrogen) atoms. The third-order valence-electron chi connectivity index (χ3n) is 2.14. The fourth-order valence-electron chi connectivity index (χ4n) is 1.34. The van der Waals surface area contributed by atoms with E-state index in [0.29, 0.717) is 23.6 Å². The first-order valence-electron chi connectivity index (χ1n) is 4.35. The lowest BCUT2D eigenvalue weighted by Gasteiger charge is -2.24. The Balaban J connectivity index is 3.06. The van der Waals surface area contributed by atoms with Crippen LogP contribution in [0.25, 0.3) is 0 Å². The van der Waals surface area contributed by atoms with Crippen molar-refractivity contribution in [3.63, 3.8) is 0 Å². The largest absolute Gasteiger partial charge is 0.385 e. The lowest BCUT2D eigenvalue weighted by atomic mass is 9.93. The second-order valence-corrected chi connectivity index (χ2v) is 4.76. The average Bonchev–Trinajstić information content (AvgIpc) is 2.02. The van der Waals surface area contributed by atoms with Gasteiger partial charge in [-0.1, -0.05) is 33.6 Å². The van der Waals surface area contributed by atoms with Crippen molar-refractivity contribution in [1.29, 1.82) is 0 Å². The molecule has 1 atom stereocenters. The zero-order valence-corrected chi connectivity index (χ0v) is 10.3. The molecule has 0 amide bonds. The van der Waals surface area contributed by atoms with E-state index in [-0.39, 0.29) is 0 Å². The second-order valence-electron chi connectivity index (χ2n) is 3.44. The number of hydrogen-bond acceptors (Lipinski definition) is 2. The van der Waals surface area contributed by atoms with E-state index in [1.54, 1.807) is 13.0 Å². The number of aliphatic hydroxyl groups is 1. The highest BCUT2D eigenvalue weighted by Crippen LogP contribution is 2.32. The van der Waals surface area contributed by atoms with Gasteiger partial charge in [0.05, 0.1) is 5.60 Å². The minimum absolute atomic E-state index is 0.430. The number of hydrogen-bond donors (Lipinski definition) is 2. The van der Waals surface area contributed by atoms with Gasteiger partial charge in [-0.25, -0.2) is 0 Å². The van der Waals surface area contributed by atoms with Crippen molar-refractivity contribution in [1.82, 2.24) is 0 Å². The second kappa shape index (κ2) is 4.62. The Morgan fingerprint density at radius 2 is 2.21 bits per heavy atom. The summed E-state index contributed by atoms with van der Waals surface area (Å²) in [4.78, 5) is 0. The van der Waals surface area contributed by atoms with Crippen LogP contribution < -0.4 is 5.73 Å². The van der Waals surface area contributed by atoms with E-state index in [0.717, 1.165) is 4.47 Å². The van der Waals surface area contributed by atoms with Crippen molar-refractivity contribution >= 4 is 27.5 Å². The average molecular weight is 279 g/mol. The van der Waals surface area contributed by atoms with Crippen molar-refractivity contribution in [3.8, 4) is 0 Å². The van der Waals surface area contributed by atoms with Gasteiger partial charge < -0.3 is 10.8 Å². The predicted molar refractivity (Wildman–Crippen MR) is 62.4 cm³/mol. The molecule has 0 aliphatic carbocycles. The molecule has 1 unspecified atom stereocenters. The molecule has 0 fully saturated rings. The van der Waals surface area contributed by atoms with E-state index in [1.165, 1.54) is 0 Å². The normalized spacial score (nSPS) is 15.2. The van der Waals surface area contributed by atoms with Crippen LogP contribution in [0.4, 0.5) is 0 Å². The highest BCUT2D eigenvalue weighted by atomic mass is 79.9. The maximum Gasteiger partial charge on any atom is 0.0894 e. The molecule has 1 rings (SSSR count). The molecule has 0 radical (unpaired) electrons. The molecule has 4 heteroatoms. The Morgan fingerprint density at radius 1 is 1.57 bits per heavy atom. The molecule has 0 aliphatic rings. The van der Waals surface area contributed by atoms with Crippen LogP contribution in [0.1, 0.15) is 18.9 Å². The highest BCUT2D eigenvalue weighted by Gasteiger charge is 2.24. The van der Waals surface area contributed by atoms with E-state index in [1.807, 2.05) is 12.1 Å². The number of nitrogens with two attached hydrogens (primary N) is 1. The molecule has 1 aromatic rings. The highest BCUT2D eigenvalue weighted by molar-refractivity contribution is 9.10. The fraction of sp³-hybridized carbons (Fsp3) is 0.400. The van der Waals surface area contributed by atoms with Crippen molar-refractivity contribution in [2.75, 3.05) is 6.54 Å². The summed E-state index contributed by atoms with van der Waals surface area (Å²) in [6, 6.07) is 5.43. The molecule has 1 aromatic carbocycles. The van der Waals surface area contributed by atoms with Gasteiger partial charge in [-0.15, -0.1) is 0 Å². The topological polar surface area (TPSA) is 46.2 Å². The van der Waals surface area contributed by atoms with Crippen molar-refractivity contribution < 1.29 is 5.11 Å². The molecule has 0 aromatic heterocycles. The molecule has 0 heterocycles. The van der Waals surface area contributed by atoms with Crippen LogP contribution >= 0.6 is 27.5 Å². The third kappa shape index (κ3) is 2.70. The van der Waals surface area contributed by atoms with E-state index in [4.69, 9.17) is 17.3 Å². The van der Waals surface area contributed by atoms with Crippen LogP contribution in [0.2, 0.25) is 5.02 Å². The Bertz CT molecular complexity index is 328. The fourth-order valence-corrected chi connectivity index (χ4v) is 2.22. The lowest BCUT2D eigenvalue weighted by molar-refractivity contribution is 0.0505. The monoisotopic (exact) mass is 277 g/mol. The first-order chi connectivity index (χ1) is 6.47. The van der Waals surface area contributed by atoms with Gasteiger partial charge >= 0.3 is 0 Å². The summed E-state index contributed by atoms with van der Waals surface area (Å²) >= 11 is 9.33. The first-order valence-corrected chi connectivity index (χ1v) is 5.52. The zero-order chi connectivity index (χ0) is 10.8. The van der Waals surface area contributed by atoms with Gasteiger partial charge in [-0.2, -0.15) is 0 Å². The van der Waals surface area contributed by atoms with Crippen LogP contribution in [0, 0.1) is 0 Å². The summed E-state index contributed by atoms with van der Waals surface area (Å²) in [7, 11) is 0. The van der Waals surface area contributed by atoms with E-state index < -0.39 is 5.60 Å². The number of benzene rings is 1. The van der Waals surface area contributed by atoms with Gasteiger partial charge in [0, 0.05) is 15.1 Å². The molecule has 3 N–H and O–H groups in total. The Hall–Kier alpha value is -0.0900. The van der Waals surface area contributed by atoms with E-state index >= 15 is 0 Å². The van der Waals surface area contributed by atoms with Gasteiger partial charge in [0.2, 0.25) is 0 Å². The predicted octanol–water partition coefficient (Wildman–Crippen LogP) is 2.66. The smallest absolute Gasteiger partial charge is 0.0894 e. The molecule has 0 spiro atoms. The molecule has 0 bridgehead atoms.